The van der Waals surface area contributed by atoms with E-state index in [-0.39, 0.29) is 6.04 Å². The summed E-state index contributed by atoms with van der Waals surface area (Å²) >= 11 is 6.41. The number of benzene rings is 1. The van der Waals surface area contributed by atoms with Crippen LogP contribution in [0.25, 0.3) is 11.0 Å². The number of rotatable bonds is 3. The van der Waals surface area contributed by atoms with Crippen molar-refractivity contribution in [2.75, 3.05) is 0 Å². The van der Waals surface area contributed by atoms with E-state index in [4.69, 9.17) is 22.3 Å². The second-order valence-electron chi connectivity index (χ2n) is 6.47. The summed E-state index contributed by atoms with van der Waals surface area (Å²) in [7, 11) is 0. The minimum Gasteiger partial charge on any atom is -0.323 e. The number of halogens is 1. The summed E-state index contributed by atoms with van der Waals surface area (Å²) in [5.41, 5.74) is 8.58. The Hall–Kier alpha value is -1.06. The molecule has 1 atom stereocenters. The standard InChI is InChI=1S/C17H24ClN3/c1-11(2)21-16-13(18)9-6-10-14(16)20-17(21)15(19)12-7-4-3-5-8-12/h6,9-12,15H,3-5,7-8,19H2,1-2H3. The van der Waals surface area contributed by atoms with Gasteiger partial charge in [0.2, 0.25) is 0 Å². The molecular weight excluding hydrogens is 282 g/mol. The van der Waals surface area contributed by atoms with E-state index in [1.807, 2.05) is 18.2 Å². The van der Waals surface area contributed by atoms with Crippen molar-refractivity contribution in [3.8, 4) is 0 Å². The molecule has 4 heteroatoms. The lowest BCUT2D eigenvalue weighted by Gasteiger charge is -2.28. The third-order valence-electron chi connectivity index (χ3n) is 4.66. The maximum absolute atomic E-state index is 6.60. The molecule has 3 rings (SSSR count). The number of hydrogen-bond acceptors (Lipinski definition) is 2. The second-order valence-corrected chi connectivity index (χ2v) is 6.87. The highest BCUT2D eigenvalue weighted by atomic mass is 35.5. The van der Waals surface area contributed by atoms with Gasteiger partial charge in [0.15, 0.2) is 0 Å². The highest BCUT2D eigenvalue weighted by Crippen LogP contribution is 2.36. The highest BCUT2D eigenvalue weighted by molar-refractivity contribution is 6.35. The van der Waals surface area contributed by atoms with Gasteiger partial charge in [-0.05, 0) is 44.7 Å². The maximum Gasteiger partial charge on any atom is 0.127 e. The third kappa shape index (κ3) is 2.69. The van der Waals surface area contributed by atoms with Crippen molar-refractivity contribution in [2.45, 2.75) is 58.0 Å². The van der Waals surface area contributed by atoms with E-state index in [9.17, 15) is 0 Å². The quantitative estimate of drug-likeness (QED) is 0.881. The molecule has 0 amide bonds. The molecule has 1 fully saturated rings. The lowest BCUT2D eigenvalue weighted by Crippen LogP contribution is -2.27. The summed E-state index contributed by atoms with van der Waals surface area (Å²) < 4.78 is 2.23. The number of hydrogen-bond donors (Lipinski definition) is 1. The number of para-hydroxylation sites is 1. The minimum absolute atomic E-state index is 0.0103. The molecule has 1 aliphatic rings. The Labute approximate surface area is 131 Å². The van der Waals surface area contributed by atoms with Crippen molar-refractivity contribution >= 4 is 22.6 Å². The molecule has 1 saturated carbocycles. The Morgan fingerprint density at radius 2 is 1.95 bits per heavy atom. The molecule has 0 spiro atoms. The van der Waals surface area contributed by atoms with Gasteiger partial charge in [0.05, 0.1) is 22.1 Å². The van der Waals surface area contributed by atoms with Crippen LogP contribution in [0.2, 0.25) is 5.02 Å². The fourth-order valence-corrected chi connectivity index (χ4v) is 3.85. The van der Waals surface area contributed by atoms with Gasteiger partial charge in [-0.1, -0.05) is 36.9 Å². The van der Waals surface area contributed by atoms with E-state index in [0.717, 1.165) is 21.9 Å². The SMILES string of the molecule is CC(C)n1c(C(N)C2CCCCC2)nc2cccc(Cl)c21. The molecule has 2 N–H and O–H groups in total. The number of imidazole rings is 1. The first-order valence-corrected chi connectivity index (χ1v) is 8.39. The van der Waals surface area contributed by atoms with Crippen molar-refractivity contribution in [3.05, 3.63) is 29.0 Å². The average molecular weight is 306 g/mol. The molecule has 1 unspecified atom stereocenters. The van der Waals surface area contributed by atoms with Gasteiger partial charge >= 0.3 is 0 Å². The van der Waals surface area contributed by atoms with Crippen molar-refractivity contribution in [2.24, 2.45) is 11.7 Å². The van der Waals surface area contributed by atoms with E-state index < -0.39 is 0 Å². The number of aromatic nitrogens is 2. The van der Waals surface area contributed by atoms with Gasteiger partial charge in [-0.15, -0.1) is 0 Å². The molecule has 1 aromatic heterocycles. The van der Waals surface area contributed by atoms with Crippen LogP contribution in [0.3, 0.4) is 0 Å². The number of nitrogens with zero attached hydrogens (tertiary/aromatic N) is 2. The highest BCUT2D eigenvalue weighted by Gasteiger charge is 2.27. The summed E-state index contributed by atoms with van der Waals surface area (Å²) in [6.07, 6.45) is 6.37. The molecule has 2 aromatic rings. The van der Waals surface area contributed by atoms with Gasteiger partial charge in [-0.25, -0.2) is 4.98 Å². The summed E-state index contributed by atoms with van der Waals surface area (Å²) in [5.74, 6) is 1.55. The molecule has 3 nitrogen and oxygen atoms in total. The Kier molecular flexibility index (Phi) is 4.23. The summed E-state index contributed by atoms with van der Waals surface area (Å²) in [4.78, 5) is 4.82. The van der Waals surface area contributed by atoms with Gasteiger partial charge < -0.3 is 10.3 Å². The normalized spacial score (nSPS) is 18.5. The first-order valence-electron chi connectivity index (χ1n) is 8.01. The lowest BCUT2D eigenvalue weighted by atomic mass is 9.84. The van der Waals surface area contributed by atoms with Crippen LogP contribution < -0.4 is 5.73 Å². The van der Waals surface area contributed by atoms with Gasteiger partial charge in [-0.2, -0.15) is 0 Å². The average Bonchev–Trinajstić information content (AvgIpc) is 2.88. The fraction of sp³-hybridized carbons (Fsp3) is 0.588. The second kappa shape index (κ2) is 5.98. The fourth-order valence-electron chi connectivity index (χ4n) is 3.59. The van der Waals surface area contributed by atoms with Crippen molar-refractivity contribution in [1.82, 2.24) is 9.55 Å². The largest absolute Gasteiger partial charge is 0.323 e. The minimum atomic E-state index is 0.0103. The van der Waals surface area contributed by atoms with E-state index in [0.29, 0.717) is 12.0 Å². The van der Waals surface area contributed by atoms with Crippen LogP contribution in [0.5, 0.6) is 0 Å². The summed E-state index contributed by atoms with van der Waals surface area (Å²) in [6.45, 7) is 4.34. The van der Waals surface area contributed by atoms with Gasteiger partial charge in [0.1, 0.15) is 5.82 Å². The van der Waals surface area contributed by atoms with Gasteiger partial charge in [0, 0.05) is 6.04 Å². The van der Waals surface area contributed by atoms with Crippen LogP contribution in [-0.4, -0.2) is 9.55 Å². The summed E-state index contributed by atoms with van der Waals surface area (Å²) in [5, 5.41) is 0.760. The van der Waals surface area contributed by atoms with Crippen molar-refractivity contribution in [3.63, 3.8) is 0 Å². The van der Waals surface area contributed by atoms with E-state index in [1.54, 1.807) is 0 Å². The van der Waals surface area contributed by atoms with Gasteiger partial charge in [-0.3, -0.25) is 0 Å². The predicted octanol–water partition coefficient (Wildman–Crippen LogP) is 4.85. The maximum atomic E-state index is 6.60. The van der Waals surface area contributed by atoms with E-state index in [1.165, 1.54) is 32.1 Å². The molecule has 21 heavy (non-hydrogen) atoms. The smallest absolute Gasteiger partial charge is 0.127 e. The number of nitrogens with two attached hydrogens (primary N) is 1. The summed E-state index contributed by atoms with van der Waals surface area (Å²) in [6, 6.07) is 6.23. The predicted molar refractivity (Wildman–Crippen MR) is 88.6 cm³/mol. The van der Waals surface area contributed by atoms with Crippen molar-refractivity contribution in [1.29, 1.82) is 0 Å². The first-order chi connectivity index (χ1) is 10.1. The molecule has 114 valence electrons. The molecular formula is C17H24ClN3. The van der Waals surface area contributed by atoms with E-state index in [2.05, 4.69) is 18.4 Å². The zero-order valence-corrected chi connectivity index (χ0v) is 13.6. The van der Waals surface area contributed by atoms with Gasteiger partial charge in [0.25, 0.3) is 0 Å². The Bertz CT molecular complexity index is 626. The first kappa shape index (κ1) is 14.9. The lowest BCUT2D eigenvalue weighted by molar-refractivity contribution is 0.294. The zero-order valence-electron chi connectivity index (χ0n) is 12.8. The Morgan fingerprint density at radius 1 is 1.24 bits per heavy atom. The molecule has 0 aliphatic heterocycles. The molecule has 0 bridgehead atoms. The molecule has 0 radical (unpaired) electrons. The van der Waals surface area contributed by atoms with Crippen LogP contribution >= 0.6 is 11.6 Å². The zero-order chi connectivity index (χ0) is 15.0. The number of fused-ring (bicyclic) bond motifs is 1. The van der Waals surface area contributed by atoms with Crippen LogP contribution in [0.15, 0.2) is 18.2 Å². The molecule has 1 aliphatic carbocycles. The topological polar surface area (TPSA) is 43.8 Å². The Morgan fingerprint density at radius 3 is 2.62 bits per heavy atom. The van der Waals surface area contributed by atoms with Crippen LogP contribution in [0, 0.1) is 5.92 Å². The van der Waals surface area contributed by atoms with Crippen molar-refractivity contribution < 1.29 is 0 Å². The van der Waals surface area contributed by atoms with Crippen LogP contribution in [0.4, 0.5) is 0 Å². The monoisotopic (exact) mass is 305 g/mol. The Balaban J connectivity index is 2.08. The molecule has 1 heterocycles. The van der Waals surface area contributed by atoms with Crippen LogP contribution in [0.1, 0.15) is 63.9 Å². The van der Waals surface area contributed by atoms with E-state index >= 15 is 0 Å². The molecule has 0 saturated heterocycles. The third-order valence-corrected chi connectivity index (χ3v) is 4.97. The molecule has 1 aromatic carbocycles. The van der Waals surface area contributed by atoms with Crippen LogP contribution in [-0.2, 0) is 0 Å².